The molecule has 1 aliphatic rings. The predicted octanol–water partition coefficient (Wildman–Crippen LogP) is 2.35. The SMILES string of the molecule is COCC1CCCN(Cc2c(Br)c(C)nn2C)C1. The standard InChI is InChI=1S/C13H22BrN3O/c1-10-13(14)12(16(2)15-10)8-17-6-4-5-11(7-17)9-18-3/h11H,4-9H2,1-3H3. The lowest BCUT2D eigenvalue weighted by Gasteiger charge is -2.32. The third kappa shape index (κ3) is 3.13. The molecule has 0 aliphatic carbocycles. The van der Waals surface area contributed by atoms with Crippen molar-refractivity contribution in [3.63, 3.8) is 0 Å². The summed E-state index contributed by atoms with van der Waals surface area (Å²) in [6.07, 6.45) is 2.55. The summed E-state index contributed by atoms with van der Waals surface area (Å²) in [6, 6.07) is 0. The summed E-state index contributed by atoms with van der Waals surface area (Å²) in [5.41, 5.74) is 2.34. The number of halogens is 1. The first kappa shape index (κ1) is 14.0. The molecule has 1 atom stereocenters. The number of hydrogen-bond acceptors (Lipinski definition) is 3. The first-order valence-electron chi connectivity index (χ1n) is 6.51. The molecule has 5 heteroatoms. The second kappa shape index (κ2) is 6.17. The maximum absolute atomic E-state index is 5.28. The van der Waals surface area contributed by atoms with E-state index in [-0.39, 0.29) is 0 Å². The molecule has 102 valence electrons. The molecular formula is C13H22BrN3O. The van der Waals surface area contributed by atoms with Crippen LogP contribution in [0.15, 0.2) is 4.47 Å². The molecule has 0 N–H and O–H groups in total. The predicted molar refractivity (Wildman–Crippen MR) is 75.5 cm³/mol. The van der Waals surface area contributed by atoms with Gasteiger partial charge in [-0.25, -0.2) is 0 Å². The van der Waals surface area contributed by atoms with Crippen molar-refractivity contribution >= 4 is 15.9 Å². The second-order valence-electron chi connectivity index (χ2n) is 5.17. The molecule has 1 fully saturated rings. The van der Waals surface area contributed by atoms with Crippen LogP contribution in [0.4, 0.5) is 0 Å². The van der Waals surface area contributed by atoms with E-state index in [1.165, 1.54) is 25.1 Å². The number of likely N-dealkylation sites (tertiary alicyclic amines) is 1. The van der Waals surface area contributed by atoms with E-state index in [2.05, 4.69) is 25.9 Å². The van der Waals surface area contributed by atoms with E-state index in [1.54, 1.807) is 7.11 Å². The second-order valence-corrected chi connectivity index (χ2v) is 5.96. The fourth-order valence-corrected chi connectivity index (χ4v) is 3.19. The summed E-state index contributed by atoms with van der Waals surface area (Å²) in [5.74, 6) is 0.678. The molecule has 1 saturated heterocycles. The van der Waals surface area contributed by atoms with Crippen molar-refractivity contribution in [1.29, 1.82) is 0 Å². The lowest BCUT2D eigenvalue weighted by molar-refractivity contribution is 0.0861. The van der Waals surface area contributed by atoms with Crippen molar-refractivity contribution in [3.8, 4) is 0 Å². The Labute approximate surface area is 117 Å². The number of piperidine rings is 1. The average Bonchev–Trinajstić information content (AvgIpc) is 2.57. The Morgan fingerprint density at radius 3 is 2.89 bits per heavy atom. The van der Waals surface area contributed by atoms with E-state index >= 15 is 0 Å². The molecule has 18 heavy (non-hydrogen) atoms. The highest BCUT2D eigenvalue weighted by Crippen LogP contribution is 2.24. The lowest BCUT2D eigenvalue weighted by atomic mass is 9.99. The van der Waals surface area contributed by atoms with Gasteiger partial charge in [0, 0.05) is 27.2 Å². The van der Waals surface area contributed by atoms with Crippen LogP contribution >= 0.6 is 15.9 Å². The summed E-state index contributed by atoms with van der Waals surface area (Å²) < 4.78 is 8.42. The normalized spacial score (nSPS) is 21.4. The van der Waals surface area contributed by atoms with Gasteiger partial charge in [0.2, 0.25) is 0 Å². The first-order valence-corrected chi connectivity index (χ1v) is 7.30. The minimum absolute atomic E-state index is 0.678. The highest BCUT2D eigenvalue weighted by molar-refractivity contribution is 9.10. The molecule has 0 amide bonds. The number of nitrogens with zero attached hydrogens (tertiary/aromatic N) is 3. The maximum atomic E-state index is 5.28. The molecule has 1 unspecified atom stereocenters. The van der Waals surface area contributed by atoms with E-state index < -0.39 is 0 Å². The van der Waals surface area contributed by atoms with Gasteiger partial charge in [-0.1, -0.05) is 0 Å². The van der Waals surface area contributed by atoms with Crippen LogP contribution < -0.4 is 0 Å². The highest BCUT2D eigenvalue weighted by Gasteiger charge is 2.22. The van der Waals surface area contributed by atoms with E-state index in [9.17, 15) is 0 Å². The molecule has 0 spiro atoms. The molecule has 0 aromatic carbocycles. The van der Waals surface area contributed by atoms with Crippen LogP contribution in [0, 0.1) is 12.8 Å². The number of methoxy groups -OCH3 is 1. The van der Waals surface area contributed by atoms with Gasteiger partial charge in [0.05, 0.1) is 22.5 Å². The molecule has 0 radical (unpaired) electrons. The zero-order valence-corrected chi connectivity index (χ0v) is 13.0. The van der Waals surface area contributed by atoms with Gasteiger partial charge in [0.1, 0.15) is 0 Å². The van der Waals surface area contributed by atoms with Crippen molar-refractivity contribution < 1.29 is 4.74 Å². The van der Waals surface area contributed by atoms with Crippen LogP contribution in [0.5, 0.6) is 0 Å². The number of ether oxygens (including phenoxy) is 1. The first-order chi connectivity index (χ1) is 8.61. The van der Waals surface area contributed by atoms with Crippen molar-refractivity contribution in [2.75, 3.05) is 26.8 Å². The summed E-state index contributed by atoms with van der Waals surface area (Å²) in [7, 11) is 3.81. The lowest BCUT2D eigenvalue weighted by Crippen LogP contribution is -2.37. The van der Waals surface area contributed by atoms with Gasteiger partial charge in [-0.3, -0.25) is 9.58 Å². The Morgan fingerprint density at radius 1 is 1.50 bits per heavy atom. The van der Waals surface area contributed by atoms with Gasteiger partial charge in [-0.15, -0.1) is 0 Å². The maximum Gasteiger partial charge on any atom is 0.0739 e. The Kier molecular flexibility index (Phi) is 4.81. The Morgan fingerprint density at radius 2 is 2.28 bits per heavy atom. The van der Waals surface area contributed by atoms with Crippen LogP contribution in [-0.4, -0.2) is 41.5 Å². The molecule has 1 aliphatic heterocycles. The molecule has 2 rings (SSSR count). The molecule has 4 nitrogen and oxygen atoms in total. The fourth-order valence-electron chi connectivity index (χ4n) is 2.73. The van der Waals surface area contributed by atoms with E-state index in [4.69, 9.17) is 4.74 Å². The largest absolute Gasteiger partial charge is 0.384 e. The number of hydrogen-bond donors (Lipinski definition) is 0. The minimum atomic E-state index is 0.678. The van der Waals surface area contributed by atoms with Crippen LogP contribution in [-0.2, 0) is 18.3 Å². The van der Waals surface area contributed by atoms with Crippen molar-refractivity contribution in [2.24, 2.45) is 13.0 Å². The summed E-state index contributed by atoms with van der Waals surface area (Å²) in [6.45, 7) is 6.19. The topological polar surface area (TPSA) is 30.3 Å². The third-order valence-electron chi connectivity index (χ3n) is 3.64. The van der Waals surface area contributed by atoms with Crippen LogP contribution in [0.25, 0.3) is 0 Å². The number of aryl methyl sites for hydroxylation is 2. The molecule has 0 saturated carbocycles. The third-order valence-corrected chi connectivity index (χ3v) is 4.67. The number of aromatic nitrogens is 2. The van der Waals surface area contributed by atoms with E-state index in [0.717, 1.165) is 29.9 Å². The fraction of sp³-hybridized carbons (Fsp3) is 0.769. The Bertz CT molecular complexity index is 403. The van der Waals surface area contributed by atoms with Gasteiger partial charge in [0.15, 0.2) is 0 Å². The van der Waals surface area contributed by atoms with Crippen LogP contribution in [0.1, 0.15) is 24.2 Å². The monoisotopic (exact) mass is 315 g/mol. The van der Waals surface area contributed by atoms with Crippen molar-refractivity contribution in [1.82, 2.24) is 14.7 Å². The molecule has 0 bridgehead atoms. The average molecular weight is 316 g/mol. The summed E-state index contributed by atoms with van der Waals surface area (Å²) in [4.78, 5) is 2.51. The molecule has 1 aromatic heterocycles. The minimum Gasteiger partial charge on any atom is -0.384 e. The molecular weight excluding hydrogens is 294 g/mol. The zero-order valence-electron chi connectivity index (χ0n) is 11.4. The Balaban J connectivity index is 2.00. The van der Waals surface area contributed by atoms with E-state index in [0.29, 0.717) is 5.92 Å². The van der Waals surface area contributed by atoms with Gasteiger partial charge in [-0.05, 0) is 48.2 Å². The zero-order chi connectivity index (χ0) is 13.1. The van der Waals surface area contributed by atoms with Crippen molar-refractivity contribution in [3.05, 3.63) is 15.9 Å². The van der Waals surface area contributed by atoms with Crippen molar-refractivity contribution in [2.45, 2.75) is 26.3 Å². The summed E-state index contributed by atoms with van der Waals surface area (Å²) in [5, 5.41) is 4.45. The highest BCUT2D eigenvalue weighted by atomic mass is 79.9. The van der Waals surface area contributed by atoms with Gasteiger partial charge in [-0.2, -0.15) is 5.10 Å². The van der Waals surface area contributed by atoms with Gasteiger partial charge in [0.25, 0.3) is 0 Å². The van der Waals surface area contributed by atoms with Gasteiger partial charge < -0.3 is 4.74 Å². The number of rotatable bonds is 4. The smallest absolute Gasteiger partial charge is 0.0739 e. The van der Waals surface area contributed by atoms with E-state index in [1.807, 2.05) is 18.7 Å². The summed E-state index contributed by atoms with van der Waals surface area (Å²) >= 11 is 3.64. The quantitative estimate of drug-likeness (QED) is 0.854. The van der Waals surface area contributed by atoms with Gasteiger partial charge >= 0.3 is 0 Å². The van der Waals surface area contributed by atoms with Crippen LogP contribution in [0.3, 0.4) is 0 Å². The molecule has 2 heterocycles. The van der Waals surface area contributed by atoms with Crippen LogP contribution in [0.2, 0.25) is 0 Å². The molecule has 1 aromatic rings. The Hall–Kier alpha value is -0.390.